The number of allylic oxidation sites excluding steroid dienone is 4. The third kappa shape index (κ3) is 67.7. The van der Waals surface area contributed by atoms with Crippen molar-refractivity contribution in [3.8, 4) is 0 Å². The number of hydrogen-bond donors (Lipinski definition) is 6. The lowest BCUT2D eigenvalue weighted by atomic mass is 10.1. The largest absolute Gasteiger partial charge is 0.472 e. The molecule has 26 heteroatoms. The van der Waals surface area contributed by atoms with Crippen LogP contribution in [0, 0.1) is 0 Å². The van der Waals surface area contributed by atoms with Crippen molar-refractivity contribution in [2.24, 2.45) is 0 Å². The number of esters is 2. The van der Waals surface area contributed by atoms with Gasteiger partial charge in [-0.2, -0.15) is 0 Å². The molecule has 0 spiro atoms. The zero-order valence-corrected chi connectivity index (χ0v) is 75.5. The molecule has 115 heavy (non-hydrogen) atoms. The molecule has 0 aromatic heterocycles. The summed E-state index contributed by atoms with van der Waals surface area (Å²) in [6.07, 6.45) is 58.6. The molecule has 1 saturated heterocycles. The van der Waals surface area contributed by atoms with E-state index < -0.39 is 84.0 Å². The first-order chi connectivity index (χ1) is 55.6. The lowest BCUT2D eigenvalue weighted by Gasteiger charge is -2.22. The second-order valence-corrected chi connectivity index (χ2v) is 35.0. The maximum atomic E-state index is 13.6. The number of rotatable bonds is 84. The van der Waals surface area contributed by atoms with Gasteiger partial charge in [0.2, 0.25) is 11.8 Å². The zero-order chi connectivity index (χ0) is 84.4. The average Bonchev–Trinajstić information content (AvgIpc) is 1.66. The summed E-state index contributed by atoms with van der Waals surface area (Å²) in [7, 11) is -9.60. The van der Waals surface area contributed by atoms with Crippen LogP contribution in [0.3, 0.4) is 0 Å². The Morgan fingerprint density at radius 1 is 0.357 bits per heavy atom. The van der Waals surface area contributed by atoms with Crippen LogP contribution in [0.5, 0.6) is 0 Å². The van der Waals surface area contributed by atoms with E-state index in [1.54, 1.807) is 0 Å². The summed E-state index contributed by atoms with van der Waals surface area (Å²) in [6, 6.07) is -1.70. The molecule has 24 nitrogen and oxygen atoms in total. The summed E-state index contributed by atoms with van der Waals surface area (Å²) < 4.78 is 83.9. The number of carbonyl (C=O) groups is 6. The minimum atomic E-state index is -4.80. The fourth-order valence-electron chi connectivity index (χ4n) is 13.6. The average molecular weight is 1680 g/mol. The van der Waals surface area contributed by atoms with Crippen LogP contribution in [0.25, 0.3) is 0 Å². The molecule has 1 aliphatic heterocycles. The molecule has 8 atom stereocenters. The smallest absolute Gasteiger partial charge is 0.462 e. The van der Waals surface area contributed by atoms with E-state index >= 15 is 0 Å². The molecule has 4 amide bonds. The fourth-order valence-corrected chi connectivity index (χ4v) is 15.2. The maximum Gasteiger partial charge on any atom is 0.472 e. The number of hydrogen-bond acceptors (Lipinski definition) is 18. The van der Waals surface area contributed by atoms with E-state index in [4.69, 9.17) is 46.5 Å². The van der Waals surface area contributed by atoms with Gasteiger partial charge < -0.3 is 59.5 Å². The number of nitrogens with one attached hydrogen (secondary N) is 4. The van der Waals surface area contributed by atoms with Gasteiger partial charge in [0.15, 0.2) is 18.0 Å². The monoisotopic (exact) mass is 1680 g/mol. The number of carbonyl (C=O) groups excluding carboxylic acids is 6. The lowest BCUT2D eigenvalue weighted by molar-refractivity contribution is -0.159. The van der Waals surface area contributed by atoms with Gasteiger partial charge in [-0.3, -0.25) is 46.9 Å². The molecule has 0 aliphatic carbocycles. The standard InChI is InChI=1S/C89H168N4O20P2/c1-9-15-21-27-31-35-37-41-43-49-55-61-81(94)92-77(73-104-69-65-79(59-53-47-25-19-13-5)110-83(96)63-57-51-45-39-33-29-23-17-11-3)75-108-114(100,101)106-71-67-90-87(98)85-86(113-89(7,8)112-85)88(99)91-68-72-107-115(102,103)109-76-78(93-82(95)62-56-50-44-42-38-36-32-28-22-16-10-2)74-105-70-66-80(60-54-48-26-20-14-6)111-84(97)64-58-52-46-40-34-30-24-18-12-4/h39-40,45-46,77-80,85-86H,9-38,41-44,47-76H2,1-8H3,(H,90,98)(H,91,99)(H,92,94)(H,93,95)(H,100,101)(H,102,103)/b45-39-,46-40-/t77?,78?,79-,80-,85-,86+/m1/s1. The molecule has 0 aromatic rings. The van der Waals surface area contributed by atoms with Crippen LogP contribution in [-0.4, -0.2) is 154 Å². The van der Waals surface area contributed by atoms with Gasteiger partial charge >= 0.3 is 27.6 Å². The molecule has 1 fully saturated rings. The van der Waals surface area contributed by atoms with Gasteiger partial charge in [-0.15, -0.1) is 0 Å². The van der Waals surface area contributed by atoms with E-state index in [1.807, 2.05) is 0 Å². The quantitative estimate of drug-likeness (QED) is 0.0143. The zero-order valence-electron chi connectivity index (χ0n) is 73.7. The Labute approximate surface area is 697 Å². The fraction of sp³-hybridized carbons (Fsp3) is 0.888. The van der Waals surface area contributed by atoms with Crippen LogP contribution in [0.15, 0.2) is 24.3 Å². The van der Waals surface area contributed by atoms with E-state index in [-0.39, 0.29) is 88.3 Å². The van der Waals surface area contributed by atoms with Crippen molar-refractivity contribution < 1.29 is 94.2 Å². The number of phosphoric acid groups is 2. The van der Waals surface area contributed by atoms with E-state index in [0.717, 1.165) is 128 Å². The Morgan fingerprint density at radius 3 is 0.965 bits per heavy atom. The summed E-state index contributed by atoms with van der Waals surface area (Å²) >= 11 is 0. The molecule has 674 valence electrons. The van der Waals surface area contributed by atoms with Gasteiger partial charge in [0.05, 0.1) is 64.9 Å². The highest BCUT2D eigenvalue weighted by Gasteiger charge is 2.49. The predicted octanol–water partition coefficient (Wildman–Crippen LogP) is 21.1. The van der Waals surface area contributed by atoms with Crippen LogP contribution < -0.4 is 21.3 Å². The van der Waals surface area contributed by atoms with Crippen molar-refractivity contribution >= 4 is 51.2 Å². The minimum Gasteiger partial charge on any atom is -0.462 e. The summed E-state index contributed by atoms with van der Waals surface area (Å²) in [4.78, 5) is 102. The molecular formula is C89H168N4O20P2. The number of amides is 4. The van der Waals surface area contributed by atoms with Gasteiger partial charge in [-0.1, -0.05) is 284 Å². The van der Waals surface area contributed by atoms with Gasteiger partial charge in [-0.05, 0) is 104 Å². The Morgan fingerprint density at radius 2 is 0.643 bits per heavy atom. The van der Waals surface area contributed by atoms with Crippen LogP contribution in [0.4, 0.5) is 0 Å². The molecule has 1 aliphatic rings. The van der Waals surface area contributed by atoms with Crippen molar-refractivity contribution in [2.45, 2.75) is 444 Å². The first-order valence-electron chi connectivity index (χ1n) is 46.2. The Kier molecular flexibility index (Phi) is 71.6. The first-order valence-corrected chi connectivity index (χ1v) is 49.2. The third-order valence-corrected chi connectivity index (χ3v) is 22.5. The Bertz CT molecular complexity index is 2380. The number of phosphoric ester groups is 2. The Hall–Kier alpha value is -3.64. The van der Waals surface area contributed by atoms with Gasteiger partial charge in [0.1, 0.15) is 12.2 Å². The molecule has 1 heterocycles. The van der Waals surface area contributed by atoms with Crippen LogP contribution in [-0.2, 0) is 84.4 Å². The highest BCUT2D eigenvalue weighted by Crippen LogP contribution is 2.44. The first kappa shape index (κ1) is 109. The third-order valence-electron chi connectivity index (χ3n) is 20.5. The summed E-state index contributed by atoms with van der Waals surface area (Å²) in [6.45, 7) is 13.9. The molecule has 4 unspecified atom stereocenters. The van der Waals surface area contributed by atoms with Crippen molar-refractivity contribution in [1.29, 1.82) is 0 Å². The summed E-state index contributed by atoms with van der Waals surface area (Å²) in [5.41, 5.74) is 0. The molecule has 1 rings (SSSR count). The molecule has 6 N–H and O–H groups in total. The van der Waals surface area contributed by atoms with Gasteiger partial charge in [0, 0.05) is 51.6 Å². The topological polar surface area (TPSA) is 317 Å². The van der Waals surface area contributed by atoms with Crippen molar-refractivity contribution in [3.63, 3.8) is 0 Å². The lowest BCUT2D eigenvalue weighted by Crippen LogP contribution is -2.48. The van der Waals surface area contributed by atoms with E-state index in [0.29, 0.717) is 64.2 Å². The maximum absolute atomic E-state index is 13.6. The highest BCUT2D eigenvalue weighted by atomic mass is 31.2. The molecular weight excluding hydrogens is 1510 g/mol. The second-order valence-electron chi connectivity index (χ2n) is 32.1. The van der Waals surface area contributed by atoms with Crippen LogP contribution in [0.1, 0.15) is 402 Å². The summed E-state index contributed by atoms with van der Waals surface area (Å²) in [5, 5.41) is 10.9. The van der Waals surface area contributed by atoms with Gasteiger partial charge in [0.25, 0.3) is 11.8 Å². The van der Waals surface area contributed by atoms with E-state index in [1.165, 1.54) is 155 Å². The van der Waals surface area contributed by atoms with Crippen molar-refractivity contribution in [3.05, 3.63) is 24.3 Å². The molecule has 0 radical (unpaired) electrons. The number of ether oxygens (including phenoxy) is 6. The SMILES string of the molecule is CCCCCC/C=C\CCCC(=O)O[C@H](CCCCCCC)CCOCC(COP(=O)(O)OCCNC(=O)[C@H]1OC(C)(C)O[C@H]1C(=O)NCCOP(=O)(O)OCC(COCC[C@@H](CCCCCCC)OC(=O)CCC/C=C\CCCCCC)NC(=O)CCCCCCCCCCCCC)NC(=O)CCCCCCCCCCCCC. The van der Waals surface area contributed by atoms with Gasteiger partial charge in [-0.25, -0.2) is 9.13 Å². The Balaban J connectivity index is 2.99. The summed E-state index contributed by atoms with van der Waals surface area (Å²) in [5.74, 6) is -4.02. The highest BCUT2D eigenvalue weighted by molar-refractivity contribution is 7.47. The molecule has 0 bridgehead atoms. The normalized spacial score (nSPS) is 16.3. The van der Waals surface area contributed by atoms with Crippen molar-refractivity contribution in [1.82, 2.24) is 21.3 Å². The molecule has 0 aromatic carbocycles. The van der Waals surface area contributed by atoms with E-state index in [2.05, 4.69) is 87.1 Å². The van der Waals surface area contributed by atoms with Crippen LogP contribution in [0.2, 0.25) is 0 Å². The minimum absolute atomic E-state index is 0.0681. The second kappa shape index (κ2) is 75.3. The predicted molar refractivity (Wildman–Crippen MR) is 460 cm³/mol. The van der Waals surface area contributed by atoms with Crippen LogP contribution >= 0.6 is 15.6 Å². The van der Waals surface area contributed by atoms with Crippen molar-refractivity contribution in [2.75, 3.05) is 65.9 Å². The van der Waals surface area contributed by atoms with E-state index in [9.17, 15) is 47.7 Å². The molecule has 0 saturated carbocycles. The number of unbranched alkanes of at least 4 members (excludes halogenated alkanes) is 38.